The van der Waals surface area contributed by atoms with Crippen LogP contribution in [-0.2, 0) is 0 Å². The second-order valence-corrected chi connectivity index (χ2v) is 9.61. The van der Waals surface area contributed by atoms with Gasteiger partial charge in [0.25, 0.3) is 0 Å². The van der Waals surface area contributed by atoms with Crippen LogP contribution < -0.4 is 19.3 Å². The SMILES string of the molecule is COc1ccc(OC)c2sc(N3CCN(c4nc5c(C)cc(Cl)cc5s4)CC3)nc12. The fraction of sp³-hybridized carbons (Fsp3) is 0.333. The summed E-state index contributed by atoms with van der Waals surface area (Å²) >= 11 is 9.58. The molecule has 3 heterocycles. The van der Waals surface area contributed by atoms with Crippen LogP contribution >= 0.6 is 34.3 Å². The predicted molar refractivity (Wildman–Crippen MR) is 127 cm³/mol. The Labute approximate surface area is 187 Å². The molecule has 0 aliphatic carbocycles. The lowest BCUT2D eigenvalue weighted by Crippen LogP contribution is -2.46. The van der Waals surface area contributed by atoms with Crippen molar-refractivity contribution in [3.8, 4) is 11.5 Å². The van der Waals surface area contributed by atoms with E-state index in [0.717, 1.165) is 79.0 Å². The summed E-state index contributed by atoms with van der Waals surface area (Å²) in [4.78, 5) is 14.4. The first-order chi connectivity index (χ1) is 14.6. The molecule has 0 unspecified atom stereocenters. The third-order valence-electron chi connectivity index (χ3n) is 5.36. The number of aryl methyl sites for hydroxylation is 1. The monoisotopic (exact) mass is 460 g/mol. The number of rotatable bonds is 4. The van der Waals surface area contributed by atoms with E-state index in [-0.39, 0.29) is 0 Å². The second kappa shape index (κ2) is 7.76. The van der Waals surface area contributed by atoms with Gasteiger partial charge in [0.05, 0.1) is 24.4 Å². The van der Waals surface area contributed by atoms with E-state index in [9.17, 15) is 0 Å². The van der Waals surface area contributed by atoms with Crippen molar-refractivity contribution in [1.29, 1.82) is 0 Å². The van der Waals surface area contributed by atoms with Gasteiger partial charge >= 0.3 is 0 Å². The molecule has 5 rings (SSSR count). The highest BCUT2D eigenvalue weighted by molar-refractivity contribution is 7.22. The van der Waals surface area contributed by atoms with Crippen molar-refractivity contribution in [2.75, 3.05) is 50.2 Å². The van der Waals surface area contributed by atoms with Gasteiger partial charge in [-0.2, -0.15) is 0 Å². The Bertz CT molecular complexity index is 1190. The molecule has 0 atom stereocenters. The fourth-order valence-electron chi connectivity index (χ4n) is 3.78. The van der Waals surface area contributed by atoms with Crippen LogP contribution in [0.1, 0.15) is 5.56 Å². The summed E-state index contributed by atoms with van der Waals surface area (Å²) in [6.07, 6.45) is 0. The predicted octanol–water partition coefficient (Wildman–Crippen LogP) is 5.21. The van der Waals surface area contributed by atoms with Crippen LogP contribution in [0, 0.1) is 6.92 Å². The van der Waals surface area contributed by atoms with Crippen LogP contribution in [0.2, 0.25) is 5.02 Å². The Hall–Kier alpha value is -2.29. The maximum Gasteiger partial charge on any atom is 0.186 e. The summed E-state index contributed by atoms with van der Waals surface area (Å²) < 4.78 is 13.2. The maximum absolute atomic E-state index is 6.22. The first kappa shape index (κ1) is 19.7. The van der Waals surface area contributed by atoms with E-state index in [4.69, 9.17) is 31.0 Å². The minimum Gasteiger partial charge on any atom is -0.495 e. The molecule has 1 fully saturated rings. The number of fused-ring (bicyclic) bond motifs is 2. The Morgan fingerprint density at radius 3 is 2.13 bits per heavy atom. The van der Waals surface area contributed by atoms with E-state index in [2.05, 4.69) is 16.7 Å². The number of anilines is 2. The van der Waals surface area contributed by atoms with Crippen molar-refractivity contribution in [2.45, 2.75) is 6.92 Å². The van der Waals surface area contributed by atoms with Crippen LogP contribution in [0.25, 0.3) is 20.4 Å². The highest BCUT2D eigenvalue weighted by atomic mass is 35.5. The molecule has 1 saturated heterocycles. The molecule has 4 aromatic rings. The third-order valence-corrected chi connectivity index (χ3v) is 7.77. The van der Waals surface area contributed by atoms with Gasteiger partial charge in [0.2, 0.25) is 0 Å². The van der Waals surface area contributed by atoms with Crippen molar-refractivity contribution in [2.24, 2.45) is 0 Å². The lowest BCUT2D eigenvalue weighted by Gasteiger charge is -2.34. The minimum absolute atomic E-state index is 0.765. The van der Waals surface area contributed by atoms with Gasteiger partial charge in [0.15, 0.2) is 10.3 Å². The zero-order valence-corrected chi connectivity index (χ0v) is 19.3. The average molecular weight is 461 g/mol. The smallest absolute Gasteiger partial charge is 0.186 e. The lowest BCUT2D eigenvalue weighted by atomic mass is 10.2. The van der Waals surface area contributed by atoms with Gasteiger partial charge in [0.1, 0.15) is 21.7 Å². The van der Waals surface area contributed by atoms with Crippen LogP contribution in [-0.4, -0.2) is 50.4 Å². The van der Waals surface area contributed by atoms with Crippen LogP contribution in [0.5, 0.6) is 11.5 Å². The number of benzene rings is 2. The van der Waals surface area contributed by atoms with Gasteiger partial charge < -0.3 is 19.3 Å². The van der Waals surface area contributed by atoms with E-state index < -0.39 is 0 Å². The molecule has 0 saturated carbocycles. The summed E-state index contributed by atoms with van der Waals surface area (Å²) in [5, 5.41) is 2.82. The van der Waals surface area contributed by atoms with E-state index in [1.807, 2.05) is 24.3 Å². The number of halogens is 1. The van der Waals surface area contributed by atoms with E-state index in [1.165, 1.54) is 0 Å². The first-order valence-electron chi connectivity index (χ1n) is 9.65. The molecule has 156 valence electrons. The number of aromatic nitrogens is 2. The largest absolute Gasteiger partial charge is 0.495 e. The Morgan fingerprint density at radius 1 is 0.867 bits per heavy atom. The average Bonchev–Trinajstić information content (AvgIpc) is 3.38. The highest BCUT2D eigenvalue weighted by Crippen LogP contribution is 2.40. The summed E-state index contributed by atoms with van der Waals surface area (Å²) in [5.74, 6) is 1.60. The van der Waals surface area contributed by atoms with E-state index >= 15 is 0 Å². The third kappa shape index (κ3) is 3.33. The van der Waals surface area contributed by atoms with Gasteiger partial charge in [-0.1, -0.05) is 34.3 Å². The molecule has 2 aromatic heterocycles. The lowest BCUT2D eigenvalue weighted by molar-refractivity contribution is 0.410. The number of nitrogens with zero attached hydrogens (tertiary/aromatic N) is 4. The van der Waals surface area contributed by atoms with Crippen molar-refractivity contribution >= 4 is 65.0 Å². The topological polar surface area (TPSA) is 50.7 Å². The van der Waals surface area contributed by atoms with Crippen molar-refractivity contribution < 1.29 is 9.47 Å². The van der Waals surface area contributed by atoms with E-state index in [1.54, 1.807) is 36.9 Å². The molecule has 0 N–H and O–H groups in total. The molecule has 0 radical (unpaired) electrons. The van der Waals surface area contributed by atoms with Crippen molar-refractivity contribution in [3.63, 3.8) is 0 Å². The number of hydrogen-bond acceptors (Lipinski definition) is 8. The van der Waals surface area contributed by atoms with Crippen LogP contribution in [0.4, 0.5) is 10.3 Å². The molecule has 1 aliphatic rings. The summed E-state index contributed by atoms with van der Waals surface area (Å²) in [7, 11) is 3.36. The number of thiazole rings is 2. The van der Waals surface area contributed by atoms with Gasteiger partial charge in [-0.15, -0.1) is 0 Å². The molecule has 30 heavy (non-hydrogen) atoms. The molecule has 0 spiro atoms. The summed E-state index contributed by atoms with van der Waals surface area (Å²) in [6.45, 7) is 5.64. The number of ether oxygens (including phenoxy) is 2. The minimum atomic E-state index is 0.765. The molecular weight excluding hydrogens is 440 g/mol. The first-order valence-corrected chi connectivity index (χ1v) is 11.7. The van der Waals surface area contributed by atoms with Crippen LogP contribution in [0.3, 0.4) is 0 Å². The Kier molecular flexibility index (Phi) is 5.08. The quantitative estimate of drug-likeness (QED) is 0.416. The molecule has 0 amide bonds. The number of hydrogen-bond donors (Lipinski definition) is 0. The molecular formula is C21H21ClN4O2S2. The molecule has 6 nitrogen and oxygen atoms in total. The maximum atomic E-state index is 6.22. The van der Waals surface area contributed by atoms with E-state index in [0.29, 0.717) is 0 Å². The Balaban J connectivity index is 1.38. The fourth-order valence-corrected chi connectivity index (χ4v) is 6.37. The molecule has 1 aliphatic heterocycles. The molecule has 2 aromatic carbocycles. The number of methoxy groups -OCH3 is 2. The zero-order chi connectivity index (χ0) is 20.8. The van der Waals surface area contributed by atoms with Crippen molar-refractivity contribution in [1.82, 2.24) is 9.97 Å². The van der Waals surface area contributed by atoms with Crippen LogP contribution in [0.15, 0.2) is 24.3 Å². The van der Waals surface area contributed by atoms with Gasteiger partial charge in [-0.05, 0) is 36.8 Å². The highest BCUT2D eigenvalue weighted by Gasteiger charge is 2.24. The zero-order valence-electron chi connectivity index (χ0n) is 16.9. The van der Waals surface area contributed by atoms with Gasteiger partial charge in [0, 0.05) is 31.2 Å². The number of piperazine rings is 1. The van der Waals surface area contributed by atoms with Crippen molar-refractivity contribution in [3.05, 3.63) is 34.9 Å². The normalized spacial score (nSPS) is 14.7. The van der Waals surface area contributed by atoms with Gasteiger partial charge in [-0.3, -0.25) is 0 Å². The molecule has 0 bridgehead atoms. The standard InChI is InChI=1S/C21H21ClN4O2S2/c1-12-10-13(22)11-16-17(12)23-20(29-16)25-6-8-26(9-7-25)21-24-18-14(27-2)4-5-15(28-3)19(18)30-21/h4-5,10-11H,6-9H2,1-3H3. The summed E-state index contributed by atoms with van der Waals surface area (Å²) in [6, 6.07) is 7.82. The molecule has 9 heteroatoms. The van der Waals surface area contributed by atoms with Gasteiger partial charge in [-0.25, -0.2) is 9.97 Å². The summed E-state index contributed by atoms with van der Waals surface area (Å²) in [5.41, 5.74) is 3.03. The second-order valence-electron chi connectivity index (χ2n) is 7.18. The Morgan fingerprint density at radius 2 is 1.47 bits per heavy atom.